The van der Waals surface area contributed by atoms with Crippen LogP contribution in [-0.2, 0) is 6.54 Å². The van der Waals surface area contributed by atoms with Crippen molar-refractivity contribution in [3.05, 3.63) is 28.5 Å². The van der Waals surface area contributed by atoms with E-state index in [1.807, 2.05) is 6.20 Å². The summed E-state index contributed by atoms with van der Waals surface area (Å²) in [6.07, 6.45) is 4.31. The van der Waals surface area contributed by atoms with Gasteiger partial charge in [-0.05, 0) is 54.0 Å². The van der Waals surface area contributed by atoms with Crippen LogP contribution < -0.4 is 5.32 Å². The Balaban J connectivity index is 1.94. The van der Waals surface area contributed by atoms with Gasteiger partial charge in [0.15, 0.2) is 0 Å². The summed E-state index contributed by atoms with van der Waals surface area (Å²) >= 11 is 3.42. The molecule has 1 aromatic heterocycles. The smallest absolute Gasteiger partial charge is 0.0544 e. The number of hydrogen-bond acceptors (Lipinski definition) is 3. The largest absolute Gasteiger partial charge is 0.313 e. The number of aromatic nitrogens is 1. The van der Waals surface area contributed by atoms with Gasteiger partial charge in [-0.1, -0.05) is 6.92 Å². The zero-order chi connectivity index (χ0) is 12.1. The molecule has 1 aliphatic rings. The number of halogens is 1. The fourth-order valence-corrected chi connectivity index (χ4v) is 2.46. The Hall–Kier alpha value is -0.450. The Bertz CT molecular complexity index is 339. The lowest BCUT2D eigenvalue weighted by atomic mass is 10.2. The van der Waals surface area contributed by atoms with Crippen LogP contribution in [0.2, 0.25) is 0 Å². The molecule has 1 fully saturated rings. The molecular formula is C13H20BrN3. The van der Waals surface area contributed by atoms with E-state index in [4.69, 9.17) is 0 Å². The van der Waals surface area contributed by atoms with E-state index < -0.39 is 0 Å². The second-order valence-electron chi connectivity index (χ2n) is 4.62. The van der Waals surface area contributed by atoms with Crippen molar-refractivity contribution in [2.75, 3.05) is 19.6 Å². The van der Waals surface area contributed by atoms with Crippen molar-refractivity contribution < 1.29 is 0 Å². The highest BCUT2D eigenvalue weighted by Crippen LogP contribution is 2.11. The van der Waals surface area contributed by atoms with Crippen molar-refractivity contribution in [3.63, 3.8) is 0 Å². The van der Waals surface area contributed by atoms with Gasteiger partial charge < -0.3 is 5.32 Å². The van der Waals surface area contributed by atoms with Crippen LogP contribution in [0.15, 0.2) is 22.8 Å². The molecule has 0 bridgehead atoms. The van der Waals surface area contributed by atoms with Crippen LogP contribution in [0.4, 0.5) is 0 Å². The Morgan fingerprint density at radius 1 is 1.53 bits per heavy atom. The lowest BCUT2D eigenvalue weighted by Crippen LogP contribution is -2.36. The van der Waals surface area contributed by atoms with Crippen molar-refractivity contribution in [2.24, 2.45) is 0 Å². The van der Waals surface area contributed by atoms with Crippen molar-refractivity contribution in [2.45, 2.75) is 32.4 Å². The highest BCUT2D eigenvalue weighted by atomic mass is 79.9. The van der Waals surface area contributed by atoms with E-state index in [0.717, 1.165) is 29.8 Å². The van der Waals surface area contributed by atoms with Crippen LogP contribution >= 0.6 is 15.9 Å². The topological polar surface area (TPSA) is 28.2 Å². The van der Waals surface area contributed by atoms with Gasteiger partial charge in [0.2, 0.25) is 0 Å². The zero-order valence-corrected chi connectivity index (χ0v) is 11.9. The van der Waals surface area contributed by atoms with Gasteiger partial charge in [-0.3, -0.25) is 9.88 Å². The van der Waals surface area contributed by atoms with E-state index >= 15 is 0 Å². The van der Waals surface area contributed by atoms with Crippen LogP contribution in [0.5, 0.6) is 0 Å². The van der Waals surface area contributed by atoms with Crippen LogP contribution in [-0.4, -0.2) is 35.6 Å². The molecule has 17 heavy (non-hydrogen) atoms. The molecule has 1 aliphatic heterocycles. The van der Waals surface area contributed by atoms with Gasteiger partial charge in [-0.25, -0.2) is 0 Å². The predicted molar refractivity (Wildman–Crippen MR) is 73.9 cm³/mol. The average molecular weight is 298 g/mol. The molecule has 94 valence electrons. The Morgan fingerprint density at radius 3 is 3.12 bits per heavy atom. The van der Waals surface area contributed by atoms with Crippen LogP contribution in [0.3, 0.4) is 0 Å². The molecule has 0 radical (unpaired) electrons. The van der Waals surface area contributed by atoms with Crippen LogP contribution in [0.25, 0.3) is 0 Å². The van der Waals surface area contributed by atoms with Crippen molar-refractivity contribution >= 4 is 15.9 Å². The highest BCUT2D eigenvalue weighted by molar-refractivity contribution is 9.10. The van der Waals surface area contributed by atoms with Gasteiger partial charge in [-0.15, -0.1) is 0 Å². The molecule has 1 atom stereocenters. The molecule has 2 rings (SSSR count). The first kappa shape index (κ1) is 13.0. The SMILES string of the molecule is CCC1CN(Cc2ccc(Br)cn2)CCCN1. The van der Waals surface area contributed by atoms with Gasteiger partial charge in [0.25, 0.3) is 0 Å². The summed E-state index contributed by atoms with van der Waals surface area (Å²) < 4.78 is 1.05. The van der Waals surface area contributed by atoms with E-state index in [1.54, 1.807) is 0 Å². The lowest BCUT2D eigenvalue weighted by Gasteiger charge is -2.23. The maximum atomic E-state index is 4.44. The first-order valence-electron chi connectivity index (χ1n) is 6.34. The molecule has 3 nitrogen and oxygen atoms in total. The van der Waals surface area contributed by atoms with Crippen molar-refractivity contribution in [1.82, 2.24) is 15.2 Å². The molecule has 0 aliphatic carbocycles. The Labute approximate surface area is 112 Å². The molecule has 0 amide bonds. The molecule has 2 heterocycles. The second-order valence-corrected chi connectivity index (χ2v) is 5.53. The summed E-state index contributed by atoms with van der Waals surface area (Å²) in [5.41, 5.74) is 1.16. The summed E-state index contributed by atoms with van der Waals surface area (Å²) in [5.74, 6) is 0. The van der Waals surface area contributed by atoms with Gasteiger partial charge >= 0.3 is 0 Å². The fourth-order valence-electron chi connectivity index (χ4n) is 2.22. The maximum absolute atomic E-state index is 4.44. The van der Waals surface area contributed by atoms with Crippen LogP contribution in [0, 0.1) is 0 Å². The highest BCUT2D eigenvalue weighted by Gasteiger charge is 2.16. The van der Waals surface area contributed by atoms with Crippen LogP contribution in [0.1, 0.15) is 25.5 Å². The molecule has 0 aromatic carbocycles. The standard InChI is InChI=1S/C13H20BrN3/c1-2-12-9-17(7-3-6-15-12)10-13-5-4-11(14)8-16-13/h4-5,8,12,15H,2-3,6-7,9-10H2,1H3. The molecule has 0 spiro atoms. The molecular weight excluding hydrogens is 278 g/mol. The van der Waals surface area contributed by atoms with Gasteiger partial charge in [-0.2, -0.15) is 0 Å². The molecule has 0 saturated carbocycles. The summed E-state index contributed by atoms with van der Waals surface area (Å²) in [6.45, 7) is 6.66. The van der Waals surface area contributed by atoms with Crippen molar-refractivity contribution in [3.8, 4) is 0 Å². The van der Waals surface area contributed by atoms with E-state index in [2.05, 4.69) is 50.2 Å². The third-order valence-corrected chi connectivity index (χ3v) is 3.70. The summed E-state index contributed by atoms with van der Waals surface area (Å²) in [7, 11) is 0. The maximum Gasteiger partial charge on any atom is 0.0544 e. The monoisotopic (exact) mass is 297 g/mol. The molecule has 1 saturated heterocycles. The average Bonchev–Trinajstić information content (AvgIpc) is 2.57. The summed E-state index contributed by atoms with van der Waals surface area (Å²) in [6, 6.07) is 4.80. The Kier molecular flexibility index (Phi) is 4.95. The minimum Gasteiger partial charge on any atom is -0.313 e. The Morgan fingerprint density at radius 2 is 2.41 bits per heavy atom. The number of hydrogen-bond donors (Lipinski definition) is 1. The normalized spacial score (nSPS) is 22.4. The quantitative estimate of drug-likeness (QED) is 0.929. The number of nitrogens with one attached hydrogen (secondary N) is 1. The zero-order valence-electron chi connectivity index (χ0n) is 10.3. The van der Waals surface area contributed by atoms with E-state index in [0.29, 0.717) is 6.04 Å². The first-order chi connectivity index (χ1) is 8.28. The number of rotatable bonds is 3. The minimum absolute atomic E-state index is 0.632. The molecule has 4 heteroatoms. The van der Waals surface area contributed by atoms with Gasteiger partial charge in [0.1, 0.15) is 0 Å². The number of pyridine rings is 1. The van der Waals surface area contributed by atoms with E-state index in [9.17, 15) is 0 Å². The summed E-state index contributed by atoms with van der Waals surface area (Å²) in [4.78, 5) is 6.95. The van der Waals surface area contributed by atoms with E-state index in [1.165, 1.54) is 19.4 Å². The third-order valence-electron chi connectivity index (χ3n) is 3.23. The van der Waals surface area contributed by atoms with Crippen molar-refractivity contribution in [1.29, 1.82) is 0 Å². The predicted octanol–water partition coefficient (Wildman–Crippen LogP) is 2.42. The third kappa shape index (κ3) is 4.05. The molecule has 1 N–H and O–H groups in total. The minimum atomic E-state index is 0.632. The fraction of sp³-hybridized carbons (Fsp3) is 0.615. The van der Waals surface area contributed by atoms with E-state index in [-0.39, 0.29) is 0 Å². The number of nitrogens with zero attached hydrogens (tertiary/aromatic N) is 2. The first-order valence-corrected chi connectivity index (χ1v) is 7.13. The second kappa shape index (κ2) is 6.47. The molecule has 1 unspecified atom stereocenters. The van der Waals surface area contributed by atoms with Gasteiger partial charge in [0.05, 0.1) is 5.69 Å². The molecule has 1 aromatic rings. The lowest BCUT2D eigenvalue weighted by molar-refractivity contribution is 0.254. The summed E-state index contributed by atoms with van der Waals surface area (Å²) in [5, 5.41) is 3.59. The van der Waals surface area contributed by atoms with Gasteiger partial charge in [0, 0.05) is 29.8 Å².